The van der Waals surface area contributed by atoms with E-state index in [0.717, 1.165) is 5.69 Å². The largest absolute Gasteiger partial charge is 0.492 e. The Morgan fingerprint density at radius 2 is 2.04 bits per heavy atom. The van der Waals surface area contributed by atoms with Crippen molar-refractivity contribution in [1.82, 2.24) is 9.97 Å². The van der Waals surface area contributed by atoms with Gasteiger partial charge in [0.2, 0.25) is 0 Å². The van der Waals surface area contributed by atoms with E-state index in [-0.39, 0.29) is 5.02 Å². The van der Waals surface area contributed by atoms with E-state index in [9.17, 15) is 4.39 Å². The van der Waals surface area contributed by atoms with E-state index < -0.39 is 5.82 Å². The van der Waals surface area contributed by atoms with Crippen LogP contribution in [-0.4, -0.2) is 23.6 Å². The van der Waals surface area contributed by atoms with Gasteiger partial charge >= 0.3 is 0 Å². The number of hydrogen-bond acceptors (Lipinski definition) is 5. The highest BCUT2D eigenvalue weighted by molar-refractivity contribution is 6.31. The Hall–Kier alpha value is -2.60. The number of nitrogens with one attached hydrogen (secondary N) is 1. The topological polar surface area (TPSA) is 73.1 Å². The molecule has 0 amide bonds. The molecule has 0 saturated carbocycles. The van der Waals surface area contributed by atoms with Crippen LogP contribution < -0.4 is 15.8 Å². The van der Waals surface area contributed by atoms with Crippen molar-refractivity contribution in [1.29, 1.82) is 0 Å². The lowest BCUT2D eigenvalue weighted by Gasteiger charge is -2.13. The lowest BCUT2D eigenvalue weighted by atomic mass is 10.1. The van der Waals surface area contributed by atoms with Crippen molar-refractivity contribution < 1.29 is 9.13 Å². The summed E-state index contributed by atoms with van der Waals surface area (Å²) in [4.78, 5) is 8.83. The number of hydrogen-bond donors (Lipinski definition) is 2. The third-order valence-electron chi connectivity index (χ3n) is 3.57. The van der Waals surface area contributed by atoms with Crippen molar-refractivity contribution in [3.8, 4) is 17.1 Å². The first-order valence-corrected chi connectivity index (χ1v) is 7.78. The summed E-state index contributed by atoms with van der Waals surface area (Å²) in [6.07, 6.45) is 0. The van der Waals surface area contributed by atoms with E-state index in [0.29, 0.717) is 40.5 Å². The molecule has 0 aliphatic rings. The number of nitrogen functional groups attached to an aromatic ring is 1. The first kappa shape index (κ1) is 16.3. The molecule has 3 N–H and O–H groups in total. The maximum Gasteiger partial charge on any atom is 0.162 e. The summed E-state index contributed by atoms with van der Waals surface area (Å²) in [5.41, 5.74) is 8.11. The second kappa shape index (κ2) is 6.49. The van der Waals surface area contributed by atoms with Gasteiger partial charge in [-0.2, -0.15) is 0 Å². The molecule has 0 aliphatic heterocycles. The van der Waals surface area contributed by atoms with Gasteiger partial charge in [-0.3, -0.25) is 0 Å². The molecule has 0 saturated heterocycles. The van der Waals surface area contributed by atoms with E-state index in [4.69, 9.17) is 22.1 Å². The molecular weight excluding hydrogens is 331 g/mol. The zero-order chi connectivity index (χ0) is 17.3. The fraction of sp³-hybridized carbons (Fsp3) is 0.176. The highest BCUT2D eigenvalue weighted by Gasteiger charge is 2.13. The van der Waals surface area contributed by atoms with Crippen molar-refractivity contribution in [2.24, 2.45) is 0 Å². The Labute approximate surface area is 143 Å². The van der Waals surface area contributed by atoms with E-state index in [2.05, 4.69) is 15.3 Å². The lowest BCUT2D eigenvalue weighted by molar-refractivity contribution is 0.342. The first-order valence-electron chi connectivity index (χ1n) is 7.40. The van der Waals surface area contributed by atoms with Crippen molar-refractivity contribution >= 4 is 34.0 Å². The predicted molar refractivity (Wildman–Crippen MR) is 95.1 cm³/mol. The fourth-order valence-corrected chi connectivity index (χ4v) is 2.60. The van der Waals surface area contributed by atoms with Crippen molar-refractivity contribution in [2.45, 2.75) is 6.92 Å². The smallest absolute Gasteiger partial charge is 0.162 e. The van der Waals surface area contributed by atoms with Crippen LogP contribution in [-0.2, 0) is 0 Å². The minimum atomic E-state index is -0.494. The summed E-state index contributed by atoms with van der Waals surface area (Å²) < 4.78 is 19.0. The number of aromatic nitrogens is 2. The number of fused-ring (bicyclic) bond motifs is 1. The molecular formula is C17H16ClFN4O. The molecule has 0 aliphatic carbocycles. The molecule has 3 rings (SSSR count). The molecule has 0 fully saturated rings. The number of rotatable bonds is 4. The molecule has 1 aromatic heterocycles. The summed E-state index contributed by atoms with van der Waals surface area (Å²) in [7, 11) is 1.80. The number of nitrogens with zero attached hydrogens (tertiary/aromatic N) is 2. The van der Waals surface area contributed by atoms with E-state index in [1.165, 1.54) is 12.1 Å². The Kier molecular flexibility index (Phi) is 4.40. The van der Waals surface area contributed by atoms with Crippen LogP contribution in [0.15, 0.2) is 30.3 Å². The minimum Gasteiger partial charge on any atom is -0.492 e. The van der Waals surface area contributed by atoms with Crippen LogP contribution in [0.2, 0.25) is 5.02 Å². The van der Waals surface area contributed by atoms with Crippen molar-refractivity contribution in [3.05, 3.63) is 41.2 Å². The fourth-order valence-electron chi connectivity index (χ4n) is 2.41. The van der Waals surface area contributed by atoms with Gasteiger partial charge in [-0.25, -0.2) is 14.4 Å². The summed E-state index contributed by atoms with van der Waals surface area (Å²) in [6, 6.07) is 7.96. The van der Waals surface area contributed by atoms with E-state index in [1.807, 2.05) is 13.0 Å². The SMILES string of the molecule is CCOc1cc2nc(-c3ccc(F)c(Cl)c3)nc(N)c2cc1NC. The summed E-state index contributed by atoms with van der Waals surface area (Å²) in [5.74, 6) is 0.886. The molecule has 7 heteroatoms. The molecule has 1 heterocycles. The highest BCUT2D eigenvalue weighted by Crippen LogP contribution is 2.33. The van der Waals surface area contributed by atoms with Crippen LogP contribution in [0.3, 0.4) is 0 Å². The zero-order valence-corrected chi connectivity index (χ0v) is 14.0. The average molecular weight is 347 g/mol. The van der Waals surface area contributed by atoms with Crippen LogP contribution in [0.5, 0.6) is 5.75 Å². The number of ether oxygens (including phenoxy) is 1. The third kappa shape index (κ3) is 2.92. The van der Waals surface area contributed by atoms with E-state index in [1.54, 1.807) is 19.2 Å². The number of anilines is 2. The molecule has 0 spiro atoms. The highest BCUT2D eigenvalue weighted by atomic mass is 35.5. The van der Waals surface area contributed by atoms with Crippen LogP contribution in [0.25, 0.3) is 22.3 Å². The van der Waals surface area contributed by atoms with Gasteiger partial charge in [-0.15, -0.1) is 0 Å². The van der Waals surface area contributed by atoms with Crippen LogP contribution in [0.4, 0.5) is 15.9 Å². The van der Waals surface area contributed by atoms with Gasteiger partial charge in [0.25, 0.3) is 0 Å². The molecule has 0 unspecified atom stereocenters. The normalized spacial score (nSPS) is 10.8. The van der Waals surface area contributed by atoms with Crippen LogP contribution >= 0.6 is 11.6 Å². The summed E-state index contributed by atoms with van der Waals surface area (Å²) in [5, 5.41) is 3.78. The molecule has 5 nitrogen and oxygen atoms in total. The second-order valence-electron chi connectivity index (χ2n) is 5.11. The molecule has 2 aromatic carbocycles. The number of halogens is 2. The minimum absolute atomic E-state index is 0.00954. The van der Waals surface area contributed by atoms with Crippen LogP contribution in [0, 0.1) is 5.82 Å². The Morgan fingerprint density at radius 1 is 1.25 bits per heavy atom. The average Bonchev–Trinajstić information content (AvgIpc) is 2.57. The Balaban J connectivity index is 2.19. The molecule has 24 heavy (non-hydrogen) atoms. The molecule has 0 bridgehead atoms. The maximum atomic E-state index is 13.3. The second-order valence-corrected chi connectivity index (χ2v) is 5.52. The quantitative estimate of drug-likeness (QED) is 0.743. The van der Waals surface area contributed by atoms with Gasteiger partial charge in [0.15, 0.2) is 5.82 Å². The lowest BCUT2D eigenvalue weighted by Crippen LogP contribution is -2.02. The van der Waals surface area contributed by atoms with Gasteiger partial charge in [0, 0.05) is 24.1 Å². The van der Waals surface area contributed by atoms with Crippen molar-refractivity contribution in [2.75, 3.05) is 24.7 Å². The molecule has 3 aromatic rings. The van der Waals surface area contributed by atoms with Gasteiger partial charge in [0.05, 0.1) is 22.8 Å². The third-order valence-corrected chi connectivity index (χ3v) is 3.86. The summed E-state index contributed by atoms with van der Waals surface area (Å²) in [6.45, 7) is 2.44. The Bertz CT molecular complexity index is 917. The van der Waals surface area contributed by atoms with Gasteiger partial charge in [-0.1, -0.05) is 11.6 Å². The molecule has 0 atom stereocenters. The number of benzene rings is 2. The van der Waals surface area contributed by atoms with Gasteiger partial charge < -0.3 is 15.8 Å². The standard InChI is InChI=1S/C17H16ClFN4O/c1-3-24-15-8-13-10(7-14(15)21-2)16(20)23-17(22-13)9-4-5-12(19)11(18)6-9/h4-8,21H,3H2,1-2H3,(H2,20,22,23). The zero-order valence-electron chi connectivity index (χ0n) is 13.2. The predicted octanol–water partition coefficient (Wildman–Crippen LogP) is 4.11. The van der Waals surface area contributed by atoms with Crippen molar-refractivity contribution in [3.63, 3.8) is 0 Å². The monoisotopic (exact) mass is 346 g/mol. The molecule has 0 radical (unpaired) electrons. The van der Waals surface area contributed by atoms with Gasteiger partial charge in [0.1, 0.15) is 17.4 Å². The van der Waals surface area contributed by atoms with Crippen LogP contribution in [0.1, 0.15) is 6.92 Å². The number of nitrogens with two attached hydrogens (primary N) is 1. The first-order chi connectivity index (χ1) is 11.5. The Morgan fingerprint density at radius 3 is 2.71 bits per heavy atom. The molecule has 124 valence electrons. The van der Waals surface area contributed by atoms with E-state index >= 15 is 0 Å². The summed E-state index contributed by atoms with van der Waals surface area (Å²) >= 11 is 5.84. The van der Waals surface area contributed by atoms with Gasteiger partial charge in [-0.05, 0) is 31.2 Å². The maximum absolute atomic E-state index is 13.3.